The summed E-state index contributed by atoms with van der Waals surface area (Å²) < 4.78 is 39.3. The van der Waals surface area contributed by atoms with Crippen molar-refractivity contribution in [2.45, 2.75) is 17.6 Å². The molecule has 3 aromatic rings. The van der Waals surface area contributed by atoms with E-state index in [0.29, 0.717) is 5.56 Å². The van der Waals surface area contributed by atoms with Crippen LogP contribution in [0.2, 0.25) is 0 Å². The molecule has 0 bridgehead atoms. The molecule has 0 amide bonds. The molecule has 125 valence electrons. The summed E-state index contributed by atoms with van der Waals surface area (Å²) in [4.78, 5) is 0. The smallest absolute Gasteiger partial charge is 0.171 e. The van der Waals surface area contributed by atoms with E-state index in [4.69, 9.17) is 0 Å². The second-order valence-corrected chi connectivity index (χ2v) is 6.68. The number of alkyl halides is 3. The fourth-order valence-corrected chi connectivity index (χ4v) is 3.69. The molecular weight excluding hydrogens is 337 g/mol. The molecule has 25 heavy (non-hydrogen) atoms. The van der Waals surface area contributed by atoms with E-state index in [9.17, 15) is 13.2 Å². The lowest BCUT2D eigenvalue weighted by atomic mass is 9.81. The molecule has 3 radical (unpaired) electrons. The molecule has 0 aliphatic carbocycles. The van der Waals surface area contributed by atoms with Crippen LogP contribution in [0.5, 0.6) is 0 Å². The van der Waals surface area contributed by atoms with E-state index < -0.39 is 17.6 Å². The van der Waals surface area contributed by atoms with Crippen LogP contribution in [-0.4, -0.2) is 16.4 Å². The summed E-state index contributed by atoms with van der Waals surface area (Å²) in [6.07, 6.45) is -5.23. The van der Waals surface area contributed by atoms with Crippen LogP contribution in [0.3, 0.4) is 0 Å². The summed E-state index contributed by atoms with van der Waals surface area (Å²) in [5, 5.41) is -0.857. The summed E-state index contributed by atoms with van der Waals surface area (Å²) in [6.45, 7) is 0. The Hall–Kier alpha value is -2.33. The van der Waals surface area contributed by atoms with Gasteiger partial charge in [0.05, 0.1) is 16.7 Å². The van der Waals surface area contributed by atoms with Crippen molar-refractivity contribution >= 4 is 10.2 Å². The lowest BCUT2D eigenvalue weighted by Crippen LogP contribution is -2.32. The first kappa shape index (κ1) is 17.5. The first-order valence-corrected chi connectivity index (χ1v) is 8.42. The van der Waals surface area contributed by atoms with E-state index >= 15 is 0 Å². The van der Waals surface area contributed by atoms with E-state index in [1.54, 1.807) is 24.3 Å². The SMILES string of the molecule is FC(F)(F)Cc1ccccc1C([Si])(c1ccccc1)c1ccccc1. The van der Waals surface area contributed by atoms with Gasteiger partial charge in [-0.1, -0.05) is 84.9 Å². The molecule has 0 saturated heterocycles. The molecule has 0 aliphatic rings. The summed E-state index contributed by atoms with van der Waals surface area (Å²) in [6, 6.07) is 25.7. The molecule has 0 heterocycles. The van der Waals surface area contributed by atoms with E-state index in [-0.39, 0.29) is 5.56 Å². The van der Waals surface area contributed by atoms with Gasteiger partial charge in [-0.15, -0.1) is 0 Å². The van der Waals surface area contributed by atoms with Crippen molar-refractivity contribution in [2.24, 2.45) is 0 Å². The van der Waals surface area contributed by atoms with Gasteiger partial charge in [0.15, 0.2) is 0 Å². The first-order chi connectivity index (χ1) is 11.9. The Labute approximate surface area is 148 Å². The average molecular weight is 353 g/mol. The maximum Gasteiger partial charge on any atom is 0.393 e. The van der Waals surface area contributed by atoms with Crippen LogP contribution in [0.15, 0.2) is 84.9 Å². The third-order valence-electron chi connectivity index (χ3n) is 4.23. The quantitative estimate of drug-likeness (QED) is 0.444. The summed E-state index contributed by atoms with van der Waals surface area (Å²) >= 11 is 0. The van der Waals surface area contributed by atoms with Gasteiger partial charge in [0.25, 0.3) is 0 Å². The molecule has 4 heteroatoms. The minimum absolute atomic E-state index is 0.262. The molecule has 0 atom stereocenters. The lowest BCUT2D eigenvalue weighted by Gasteiger charge is -2.34. The van der Waals surface area contributed by atoms with Gasteiger partial charge >= 0.3 is 6.18 Å². The normalized spacial score (nSPS) is 12.2. The molecule has 3 aromatic carbocycles. The predicted octanol–water partition coefficient (Wildman–Crippen LogP) is 5.25. The molecular formula is C21H16F3Si. The van der Waals surface area contributed by atoms with Gasteiger partial charge in [-0.25, -0.2) is 0 Å². The largest absolute Gasteiger partial charge is 0.393 e. The maximum atomic E-state index is 13.1. The summed E-state index contributed by atoms with van der Waals surface area (Å²) in [5.41, 5.74) is 2.62. The number of rotatable bonds is 4. The zero-order valence-corrected chi connectivity index (χ0v) is 14.4. The highest BCUT2D eigenvalue weighted by atomic mass is 28.1. The van der Waals surface area contributed by atoms with Crippen molar-refractivity contribution in [3.8, 4) is 0 Å². The van der Waals surface area contributed by atoms with Crippen molar-refractivity contribution < 1.29 is 13.2 Å². The maximum absolute atomic E-state index is 13.1. The van der Waals surface area contributed by atoms with E-state index in [2.05, 4.69) is 10.2 Å². The molecule has 0 nitrogen and oxygen atoms in total. The third-order valence-corrected chi connectivity index (χ3v) is 5.07. The van der Waals surface area contributed by atoms with Gasteiger partial charge in [0.2, 0.25) is 0 Å². The Morgan fingerprint density at radius 3 is 1.56 bits per heavy atom. The standard InChI is InChI=1S/C21H16F3Si/c22-20(23,24)15-16-9-7-8-14-19(16)21(25,17-10-3-1-4-11-17)18-12-5-2-6-13-18/h1-14H,15H2. The molecule has 0 spiro atoms. The number of halogens is 3. The Bertz CT molecular complexity index is 787. The highest BCUT2D eigenvalue weighted by molar-refractivity contribution is 6.20. The monoisotopic (exact) mass is 353 g/mol. The Balaban J connectivity index is 2.24. The molecule has 3 rings (SSSR count). The van der Waals surface area contributed by atoms with Gasteiger partial charge in [-0.3, -0.25) is 0 Å². The van der Waals surface area contributed by atoms with Crippen LogP contribution in [0.4, 0.5) is 13.2 Å². The van der Waals surface area contributed by atoms with Gasteiger partial charge in [-0.2, -0.15) is 13.2 Å². The second kappa shape index (κ2) is 6.88. The third kappa shape index (κ3) is 3.69. The molecule has 0 unspecified atom stereocenters. The van der Waals surface area contributed by atoms with Crippen LogP contribution in [0.25, 0.3) is 0 Å². The zero-order valence-electron chi connectivity index (χ0n) is 13.4. The lowest BCUT2D eigenvalue weighted by molar-refractivity contribution is -0.127. The Morgan fingerprint density at radius 1 is 0.640 bits per heavy atom. The van der Waals surface area contributed by atoms with Crippen LogP contribution in [0.1, 0.15) is 22.3 Å². The number of benzene rings is 3. The molecule has 0 N–H and O–H groups in total. The van der Waals surface area contributed by atoms with Gasteiger partial charge in [0.1, 0.15) is 0 Å². The van der Waals surface area contributed by atoms with Gasteiger partial charge in [0, 0.05) is 5.04 Å². The minimum atomic E-state index is -4.27. The zero-order chi connectivity index (χ0) is 17.9. The number of hydrogen-bond donors (Lipinski definition) is 0. The van der Waals surface area contributed by atoms with Gasteiger partial charge < -0.3 is 0 Å². The van der Waals surface area contributed by atoms with Gasteiger partial charge in [-0.05, 0) is 22.3 Å². The second-order valence-electron chi connectivity index (χ2n) is 5.93. The molecule has 0 aromatic heterocycles. The summed E-state index contributed by atoms with van der Waals surface area (Å²) in [5.74, 6) is 0. The molecule has 0 aliphatic heterocycles. The van der Waals surface area contributed by atoms with Crippen molar-refractivity contribution in [1.29, 1.82) is 0 Å². The number of hydrogen-bond acceptors (Lipinski definition) is 0. The Kier molecular flexibility index (Phi) is 4.82. The fourth-order valence-electron chi connectivity index (χ4n) is 3.11. The highest BCUT2D eigenvalue weighted by Gasteiger charge is 2.36. The van der Waals surface area contributed by atoms with Crippen LogP contribution in [-0.2, 0) is 11.5 Å². The van der Waals surface area contributed by atoms with Crippen LogP contribution < -0.4 is 0 Å². The Morgan fingerprint density at radius 2 is 1.08 bits per heavy atom. The summed E-state index contributed by atoms with van der Waals surface area (Å²) in [7, 11) is 3.87. The van der Waals surface area contributed by atoms with E-state index in [1.807, 2.05) is 60.7 Å². The van der Waals surface area contributed by atoms with E-state index in [1.165, 1.54) is 0 Å². The topological polar surface area (TPSA) is 0 Å². The van der Waals surface area contributed by atoms with Crippen molar-refractivity contribution in [1.82, 2.24) is 0 Å². The van der Waals surface area contributed by atoms with Crippen LogP contribution >= 0.6 is 0 Å². The predicted molar refractivity (Wildman–Crippen MR) is 94.7 cm³/mol. The van der Waals surface area contributed by atoms with Crippen molar-refractivity contribution in [3.05, 3.63) is 107 Å². The van der Waals surface area contributed by atoms with Crippen LogP contribution in [0, 0.1) is 0 Å². The molecule has 0 saturated carbocycles. The average Bonchev–Trinajstić information content (AvgIpc) is 2.62. The fraction of sp³-hybridized carbons (Fsp3) is 0.143. The molecule has 0 fully saturated rings. The highest BCUT2D eigenvalue weighted by Crippen LogP contribution is 2.39. The first-order valence-electron chi connectivity index (χ1n) is 7.92. The van der Waals surface area contributed by atoms with Crippen molar-refractivity contribution in [3.63, 3.8) is 0 Å². The van der Waals surface area contributed by atoms with E-state index in [0.717, 1.165) is 11.1 Å². The van der Waals surface area contributed by atoms with Crippen molar-refractivity contribution in [2.75, 3.05) is 0 Å². The minimum Gasteiger partial charge on any atom is -0.171 e.